The van der Waals surface area contributed by atoms with Crippen LogP contribution in [-0.4, -0.2) is 36.7 Å². The molecule has 0 bridgehead atoms. The molecule has 0 aromatic heterocycles. The zero-order valence-electron chi connectivity index (χ0n) is 12.0. The van der Waals surface area contributed by atoms with E-state index in [1.54, 1.807) is 32.0 Å². The number of hydrogen-bond acceptors (Lipinski definition) is 4. The van der Waals surface area contributed by atoms with Gasteiger partial charge >= 0.3 is 5.97 Å². The normalized spacial score (nSPS) is 10.8. The maximum absolute atomic E-state index is 12.2. The fraction of sp³-hybridized carbons (Fsp3) is 0.429. The Balaban J connectivity index is 2.95. The number of nitrogens with one attached hydrogen (secondary N) is 1. The molecular formula is C14H19NO5. The van der Waals surface area contributed by atoms with E-state index in [2.05, 4.69) is 5.32 Å². The molecule has 1 aromatic carbocycles. The quantitative estimate of drug-likeness (QED) is 0.828. The number of hydrogen-bond donors (Lipinski definition) is 2. The minimum atomic E-state index is -0.975. The van der Waals surface area contributed by atoms with Crippen molar-refractivity contribution in [3.05, 3.63) is 23.8 Å². The summed E-state index contributed by atoms with van der Waals surface area (Å²) in [5, 5.41) is 11.5. The van der Waals surface area contributed by atoms with Crippen molar-refractivity contribution >= 4 is 11.9 Å². The van der Waals surface area contributed by atoms with Crippen LogP contribution in [0.1, 0.15) is 30.6 Å². The van der Waals surface area contributed by atoms with Crippen LogP contribution < -0.4 is 14.8 Å². The molecule has 1 amide bonds. The van der Waals surface area contributed by atoms with Crippen LogP contribution in [-0.2, 0) is 4.79 Å². The van der Waals surface area contributed by atoms with Crippen LogP contribution in [0.5, 0.6) is 11.5 Å². The standard InChI is InChI=1S/C14H19NO5/c1-14(2,8-12(16)17)15-13(18)10-6-5-9(19-3)7-11(10)20-4/h5-7H,8H2,1-4H3,(H,15,18)(H,16,17). The molecule has 6 heteroatoms. The summed E-state index contributed by atoms with van der Waals surface area (Å²) in [5.41, 5.74) is -0.528. The summed E-state index contributed by atoms with van der Waals surface area (Å²) in [6.45, 7) is 3.30. The molecule has 0 aliphatic rings. The fourth-order valence-electron chi connectivity index (χ4n) is 1.78. The van der Waals surface area contributed by atoms with Crippen molar-refractivity contribution in [1.82, 2.24) is 5.32 Å². The number of rotatable bonds is 6. The van der Waals surface area contributed by atoms with Crippen LogP contribution in [0.4, 0.5) is 0 Å². The van der Waals surface area contributed by atoms with Crippen LogP contribution in [0.25, 0.3) is 0 Å². The minimum Gasteiger partial charge on any atom is -0.497 e. The summed E-state index contributed by atoms with van der Waals surface area (Å²) in [6.07, 6.45) is -0.169. The number of aliphatic carboxylic acids is 1. The molecule has 0 unspecified atom stereocenters. The molecule has 1 aromatic rings. The molecular weight excluding hydrogens is 262 g/mol. The van der Waals surface area contributed by atoms with Crippen molar-refractivity contribution in [1.29, 1.82) is 0 Å². The Morgan fingerprint density at radius 1 is 1.25 bits per heavy atom. The number of benzene rings is 1. The molecule has 0 aliphatic carbocycles. The van der Waals surface area contributed by atoms with Gasteiger partial charge < -0.3 is 19.9 Å². The van der Waals surface area contributed by atoms with Gasteiger partial charge in [-0.05, 0) is 26.0 Å². The van der Waals surface area contributed by atoms with Crippen molar-refractivity contribution in [3.63, 3.8) is 0 Å². The van der Waals surface area contributed by atoms with Gasteiger partial charge in [0.25, 0.3) is 5.91 Å². The lowest BCUT2D eigenvalue weighted by Gasteiger charge is -2.24. The van der Waals surface area contributed by atoms with Gasteiger partial charge in [0.15, 0.2) is 0 Å². The van der Waals surface area contributed by atoms with Gasteiger partial charge in [-0.2, -0.15) is 0 Å². The Labute approximate surface area is 117 Å². The molecule has 1 rings (SSSR count). The Kier molecular flexibility index (Phi) is 4.96. The molecule has 0 heterocycles. The van der Waals surface area contributed by atoms with Crippen molar-refractivity contribution in [2.75, 3.05) is 14.2 Å². The molecule has 110 valence electrons. The molecule has 0 aliphatic heterocycles. The molecule has 2 N–H and O–H groups in total. The molecule has 0 saturated heterocycles. The fourth-order valence-corrected chi connectivity index (χ4v) is 1.78. The van der Waals surface area contributed by atoms with E-state index < -0.39 is 17.4 Å². The summed E-state index contributed by atoms with van der Waals surface area (Å²) in [5.74, 6) is -0.427. The van der Waals surface area contributed by atoms with Gasteiger partial charge in [0.05, 0.1) is 26.2 Å². The van der Waals surface area contributed by atoms with Gasteiger partial charge in [0, 0.05) is 11.6 Å². The Morgan fingerprint density at radius 2 is 1.90 bits per heavy atom. The lowest BCUT2D eigenvalue weighted by Crippen LogP contribution is -2.45. The SMILES string of the molecule is COc1ccc(C(=O)NC(C)(C)CC(=O)O)c(OC)c1. The summed E-state index contributed by atoms with van der Waals surface area (Å²) in [4.78, 5) is 22.9. The van der Waals surface area contributed by atoms with Gasteiger partial charge in [-0.1, -0.05) is 0 Å². The maximum atomic E-state index is 12.2. The van der Waals surface area contributed by atoms with Crippen LogP contribution in [0, 0.1) is 0 Å². The molecule has 0 radical (unpaired) electrons. The topological polar surface area (TPSA) is 84.9 Å². The predicted octanol–water partition coefficient (Wildman–Crippen LogP) is 1.69. The maximum Gasteiger partial charge on any atom is 0.305 e. The zero-order valence-corrected chi connectivity index (χ0v) is 12.0. The van der Waals surface area contributed by atoms with Crippen LogP contribution in [0.15, 0.2) is 18.2 Å². The summed E-state index contributed by atoms with van der Waals surface area (Å²) in [6, 6.07) is 4.81. The predicted molar refractivity (Wildman–Crippen MR) is 73.3 cm³/mol. The first-order chi connectivity index (χ1) is 9.29. The molecule has 0 saturated carbocycles. The molecule has 6 nitrogen and oxygen atoms in total. The molecule has 0 atom stereocenters. The van der Waals surface area contributed by atoms with Gasteiger partial charge in [-0.25, -0.2) is 0 Å². The third-order valence-electron chi connectivity index (χ3n) is 2.70. The number of amides is 1. The van der Waals surface area contributed by atoms with Crippen LogP contribution in [0.3, 0.4) is 0 Å². The lowest BCUT2D eigenvalue weighted by atomic mass is 10.00. The summed E-state index contributed by atoms with van der Waals surface area (Å²) < 4.78 is 10.2. The van der Waals surface area contributed by atoms with E-state index in [0.29, 0.717) is 17.1 Å². The third kappa shape index (κ3) is 4.15. The van der Waals surface area contributed by atoms with Crippen molar-refractivity contribution in [2.45, 2.75) is 25.8 Å². The number of carbonyl (C=O) groups is 2. The first-order valence-corrected chi connectivity index (χ1v) is 6.05. The highest BCUT2D eigenvalue weighted by molar-refractivity contribution is 5.97. The van der Waals surface area contributed by atoms with E-state index in [9.17, 15) is 9.59 Å². The van der Waals surface area contributed by atoms with E-state index in [0.717, 1.165) is 0 Å². The Morgan fingerprint density at radius 3 is 2.40 bits per heavy atom. The van der Waals surface area contributed by atoms with Gasteiger partial charge in [0.2, 0.25) is 0 Å². The van der Waals surface area contributed by atoms with E-state index in [-0.39, 0.29) is 6.42 Å². The van der Waals surface area contributed by atoms with Crippen molar-refractivity contribution < 1.29 is 24.2 Å². The highest BCUT2D eigenvalue weighted by Crippen LogP contribution is 2.25. The van der Waals surface area contributed by atoms with E-state index in [1.165, 1.54) is 14.2 Å². The van der Waals surface area contributed by atoms with Crippen LogP contribution in [0.2, 0.25) is 0 Å². The second-order valence-electron chi connectivity index (χ2n) is 4.97. The van der Waals surface area contributed by atoms with Gasteiger partial charge in [-0.3, -0.25) is 9.59 Å². The number of carboxylic acids is 1. The first-order valence-electron chi connectivity index (χ1n) is 6.05. The van der Waals surface area contributed by atoms with Crippen LogP contribution >= 0.6 is 0 Å². The van der Waals surface area contributed by atoms with E-state index >= 15 is 0 Å². The molecule has 20 heavy (non-hydrogen) atoms. The number of carboxylic acid groups (broad SMARTS) is 1. The third-order valence-corrected chi connectivity index (χ3v) is 2.70. The Bertz CT molecular complexity index is 510. The molecule has 0 fully saturated rings. The summed E-state index contributed by atoms with van der Waals surface area (Å²) in [7, 11) is 2.97. The molecule has 0 spiro atoms. The highest BCUT2D eigenvalue weighted by Gasteiger charge is 2.25. The average Bonchev–Trinajstić information content (AvgIpc) is 2.35. The second-order valence-corrected chi connectivity index (χ2v) is 4.97. The number of methoxy groups -OCH3 is 2. The smallest absolute Gasteiger partial charge is 0.305 e. The largest absolute Gasteiger partial charge is 0.497 e. The van der Waals surface area contributed by atoms with E-state index in [4.69, 9.17) is 14.6 Å². The second kappa shape index (κ2) is 6.27. The minimum absolute atomic E-state index is 0.169. The number of ether oxygens (including phenoxy) is 2. The average molecular weight is 281 g/mol. The van der Waals surface area contributed by atoms with Gasteiger partial charge in [-0.15, -0.1) is 0 Å². The van der Waals surface area contributed by atoms with Crippen molar-refractivity contribution in [2.24, 2.45) is 0 Å². The highest BCUT2D eigenvalue weighted by atomic mass is 16.5. The number of carbonyl (C=O) groups excluding carboxylic acids is 1. The first kappa shape index (κ1) is 15.8. The van der Waals surface area contributed by atoms with Gasteiger partial charge in [0.1, 0.15) is 11.5 Å². The summed E-state index contributed by atoms with van der Waals surface area (Å²) >= 11 is 0. The monoisotopic (exact) mass is 281 g/mol. The Hall–Kier alpha value is -2.24. The zero-order chi connectivity index (χ0) is 15.3. The van der Waals surface area contributed by atoms with Crippen molar-refractivity contribution in [3.8, 4) is 11.5 Å². The van der Waals surface area contributed by atoms with E-state index in [1.807, 2.05) is 0 Å². The lowest BCUT2D eigenvalue weighted by molar-refractivity contribution is -0.138.